The number of hydrogen-bond acceptors (Lipinski definition) is 10. The first kappa shape index (κ1) is 40.3. The molecule has 0 aliphatic carbocycles. The van der Waals surface area contributed by atoms with Crippen molar-refractivity contribution in [2.45, 2.75) is 102 Å². The zero-order valence-corrected chi connectivity index (χ0v) is 28.0. The van der Waals surface area contributed by atoms with Crippen molar-refractivity contribution in [3.63, 3.8) is 0 Å². The number of nitro groups is 1. The number of nitro benzene ring substituents is 1. The molecule has 1 heterocycles. The Morgan fingerprint density at radius 3 is 2.20 bits per heavy atom. The van der Waals surface area contributed by atoms with Crippen molar-refractivity contribution >= 4 is 41.2 Å². The van der Waals surface area contributed by atoms with Gasteiger partial charge in [0.2, 0.25) is 23.6 Å². The maximum absolute atomic E-state index is 13.9. The van der Waals surface area contributed by atoms with Crippen molar-refractivity contribution in [2.24, 2.45) is 28.1 Å². The molecule has 1 aromatic carbocycles. The van der Waals surface area contributed by atoms with Crippen LogP contribution in [0.2, 0.25) is 0 Å². The summed E-state index contributed by atoms with van der Waals surface area (Å²) in [6, 6.07) is -0.111. The van der Waals surface area contributed by atoms with Crippen LogP contribution >= 0.6 is 0 Å². The molecule has 49 heavy (non-hydrogen) atoms. The Kier molecular flexibility index (Phi) is 15.8. The van der Waals surface area contributed by atoms with Crippen molar-refractivity contribution in [1.29, 1.82) is 0 Å². The number of benzene rings is 1. The van der Waals surface area contributed by atoms with Gasteiger partial charge in [0.1, 0.15) is 18.1 Å². The lowest BCUT2D eigenvalue weighted by atomic mass is 10.00. The maximum Gasteiger partial charge on any atom is 0.328 e. The van der Waals surface area contributed by atoms with Crippen LogP contribution in [0.15, 0.2) is 29.3 Å². The Balaban J connectivity index is 2.26. The molecule has 4 amide bonds. The smallest absolute Gasteiger partial charge is 0.328 e. The molecule has 1 aliphatic heterocycles. The van der Waals surface area contributed by atoms with E-state index in [1.807, 2.05) is 13.8 Å². The van der Waals surface area contributed by atoms with Gasteiger partial charge in [-0.25, -0.2) is 4.79 Å². The average molecular weight is 692 g/mol. The second kappa shape index (κ2) is 19.2. The summed E-state index contributed by atoms with van der Waals surface area (Å²) in [4.78, 5) is 81.0. The Bertz CT molecular complexity index is 1350. The van der Waals surface area contributed by atoms with E-state index in [1.54, 1.807) is 12.1 Å². The van der Waals surface area contributed by atoms with Crippen molar-refractivity contribution in [1.82, 2.24) is 20.9 Å². The number of aliphatic hydroxyl groups excluding tert-OH is 1. The average Bonchev–Trinajstić information content (AvgIpc) is 3.52. The number of nitrogens with zero attached hydrogens (tertiary/aromatic N) is 3. The predicted molar refractivity (Wildman–Crippen MR) is 179 cm³/mol. The number of hydrogen-bond donors (Lipinski definition) is 8. The largest absolute Gasteiger partial charge is 0.480 e. The number of rotatable bonds is 19. The number of nitrogens with two attached hydrogens (primary N) is 3. The number of carbonyl (C=O) groups is 5. The summed E-state index contributed by atoms with van der Waals surface area (Å²) in [5.41, 5.74) is 17.3. The first-order valence-electron chi connectivity index (χ1n) is 16.2. The number of likely N-dealkylation sites (tertiary alicyclic amines) is 1. The van der Waals surface area contributed by atoms with Gasteiger partial charge in [0.15, 0.2) is 12.0 Å². The van der Waals surface area contributed by atoms with Crippen molar-refractivity contribution in [3.05, 3.63) is 39.9 Å². The SMILES string of the molecule is CC(C)C[C@H](NC(=O)[C@H](CCc1ccc([N+](=O)[O-])cc1)NC(=O)[C@@H](N)CCCN=C(N)N)C(=O)N1CCC[C@H]1C(=O)N[C@H](C(=O)O)[C@@H](C)O. The van der Waals surface area contributed by atoms with Gasteiger partial charge in [0.05, 0.1) is 17.1 Å². The summed E-state index contributed by atoms with van der Waals surface area (Å²) in [7, 11) is 0. The number of aliphatic imine (C=N–C) groups is 1. The molecule has 1 fully saturated rings. The van der Waals surface area contributed by atoms with E-state index in [4.69, 9.17) is 17.2 Å². The van der Waals surface area contributed by atoms with Crippen LogP contribution in [0.25, 0.3) is 0 Å². The molecule has 0 aromatic heterocycles. The summed E-state index contributed by atoms with van der Waals surface area (Å²) >= 11 is 0. The highest BCUT2D eigenvalue weighted by Gasteiger charge is 2.40. The van der Waals surface area contributed by atoms with E-state index in [9.17, 15) is 44.3 Å². The first-order chi connectivity index (χ1) is 23.0. The predicted octanol–water partition coefficient (Wildman–Crippen LogP) is -1.13. The number of carboxylic acids is 1. The molecule has 0 unspecified atom stereocenters. The van der Waals surface area contributed by atoms with Gasteiger partial charge in [-0.05, 0) is 63.4 Å². The van der Waals surface area contributed by atoms with E-state index in [0.29, 0.717) is 18.4 Å². The zero-order chi connectivity index (χ0) is 36.8. The molecule has 18 heteroatoms. The highest BCUT2D eigenvalue weighted by molar-refractivity contribution is 5.95. The molecule has 1 aliphatic rings. The van der Waals surface area contributed by atoms with E-state index in [0.717, 1.165) is 0 Å². The molecular formula is C31H49N9O9. The molecule has 272 valence electrons. The monoisotopic (exact) mass is 691 g/mol. The number of aliphatic hydroxyl groups is 1. The highest BCUT2D eigenvalue weighted by Crippen LogP contribution is 2.21. The van der Waals surface area contributed by atoms with Gasteiger partial charge in [0.25, 0.3) is 5.69 Å². The molecule has 6 atom stereocenters. The van der Waals surface area contributed by atoms with Crippen LogP contribution in [0.3, 0.4) is 0 Å². The fourth-order valence-electron chi connectivity index (χ4n) is 5.40. The van der Waals surface area contributed by atoms with Gasteiger partial charge in [-0.15, -0.1) is 0 Å². The minimum atomic E-state index is -1.57. The van der Waals surface area contributed by atoms with Crippen molar-refractivity contribution in [3.8, 4) is 0 Å². The van der Waals surface area contributed by atoms with Gasteiger partial charge in [-0.3, -0.25) is 34.3 Å². The Hall–Kier alpha value is -4.84. The number of non-ortho nitro benzene ring substituents is 1. The molecular weight excluding hydrogens is 642 g/mol. The van der Waals surface area contributed by atoms with Crippen LogP contribution < -0.4 is 33.2 Å². The highest BCUT2D eigenvalue weighted by atomic mass is 16.6. The van der Waals surface area contributed by atoms with E-state index in [2.05, 4.69) is 20.9 Å². The number of guanidine groups is 1. The first-order valence-corrected chi connectivity index (χ1v) is 16.2. The number of carboxylic acid groups (broad SMARTS) is 1. The minimum absolute atomic E-state index is 0.0589. The maximum atomic E-state index is 13.9. The lowest BCUT2D eigenvalue weighted by molar-refractivity contribution is -0.384. The van der Waals surface area contributed by atoms with Crippen molar-refractivity contribution in [2.75, 3.05) is 13.1 Å². The lowest BCUT2D eigenvalue weighted by Gasteiger charge is -2.31. The molecule has 0 spiro atoms. The number of amides is 4. The molecule has 0 saturated carbocycles. The standard InChI is InChI=1S/C31H49N9O9/c1-17(2)16-23(29(45)39-15-5-7-24(39)28(44)38-25(18(3)41)30(46)47)37-27(43)22(13-10-19-8-11-20(12-9-19)40(48)49)36-26(42)21(32)6-4-14-35-31(33)34/h8-9,11-12,17-18,21-25,41H,4-7,10,13-16,32H2,1-3H3,(H,36,42)(H,37,43)(H,38,44)(H,46,47)(H4,33,34,35)/t18-,21+,22+,23+,24+,25+/m1/s1. The van der Waals surface area contributed by atoms with Crippen LogP contribution in [-0.2, 0) is 30.4 Å². The number of aliphatic carboxylic acids is 1. The Morgan fingerprint density at radius 2 is 1.65 bits per heavy atom. The zero-order valence-electron chi connectivity index (χ0n) is 28.0. The summed E-state index contributed by atoms with van der Waals surface area (Å²) in [5, 5.41) is 38.0. The number of carbonyl (C=O) groups excluding carboxylic acids is 4. The molecule has 1 aromatic rings. The third kappa shape index (κ3) is 12.9. The fraction of sp³-hybridized carbons (Fsp3) is 0.613. The quantitative estimate of drug-likeness (QED) is 0.0281. The summed E-state index contributed by atoms with van der Waals surface area (Å²) < 4.78 is 0. The molecule has 2 rings (SSSR count). The molecule has 0 radical (unpaired) electrons. The van der Waals surface area contributed by atoms with Crippen LogP contribution in [0.4, 0.5) is 5.69 Å². The van der Waals surface area contributed by atoms with Gasteiger partial charge in [-0.1, -0.05) is 26.0 Å². The van der Waals surface area contributed by atoms with E-state index in [1.165, 1.54) is 24.0 Å². The van der Waals surface area contributed by atoms with Crippen LogP contribution in [0.5, 0.6) is 0 Å². The summed E-state index contributed by atoms with van der Waals surface area (Å²) in [5.74, 6) is -4.21. The normalized spacial score (nSPS) is 17.3. The van der Waals surface area contributed by atoms with Crippen LogP contribution in [0.1, 0.15) is 64.9 Å². The molecule has 0 bridgehead atoms. The van der Waals surface area contributed by atoms with Gasteiger partial charge in [-0.2, -0.15) is 0 Å². The topological polar surface area (TPSA) is 299 Å². The van der Waals surface area contributed by atoms with Gasteiger partial charge < -0.3 is 48.3 Å². The third-order valence-corrected chi connectivity index (χ3v) is 8.01. The molecule has 11 N–H and O–H groups in total. The van der Waals surface area contributed by atoms with E-state index < -0.39 is 70.8 Å². The van der Waals surface area contributed by atoms with Crippen LogP contribution in [-0.4, -0.2) is 105 Å². The Labute approximate surface area is 284 Å². The second-order valence-corrected chi connectivity index (χ2v) is 12.5. The number of nitrogens with one attached hydrogen (secondary N) is 3. The number of aryl methyl sites for hydroxylation is 1. The van der Waals surface area contributed by atoms with Gasteiger partial charge in [0, 0.05) is 25.2 Å². The Morgan fingerprint density at radius 1 is 1.02 bits per heavy atom. The summed E-state index contributed by atoms with van der Waals surface area (Å²) in [6.45, 7) is 5.34. The molecule has 1 saturated heterocycles. The minimum Gasteiger partial charge on any atom is -0.480 e. The van der Waals surface area contributed by atoms with E-state index in [-0.39, 0.29) is 62.8 Å². The second-order valence-electron chi connectivity index (χ2n) is 12.5. The molecule has 18 nitrogen and oxygen atoms in total. The van der Waals surface area contributed by atoms with Crippen molar-refractivity contribution < 1.29 is 39.1 Å². The van der Waals surface area contributed by atoms with Gasteiger partial charge >= 0.3 is 5.97 Å². The lowest BCUT2D eigenvalue weighted by Crippen LogP contribution is -2.59. The summed E-state index contributed by atoms with van der Waals surface area (Å²) in [6.07, 6.45) is 0.410. The van der Waals surface area contributed by atoms with E-state index >= 15 is 0 Å². The van der Waals surface area contributed by atoms with Crippen LogP contribution in [0, 0.1) is 16.0 Å². The fourth-order valence-corrected chi connectivity index (χ4v) is 5.40. The third-order valence-electron chi connectivity index (χ3n) is 8.01.